The summed E-state index contributed by atoms with van der Waals surface area (Å²) in [6, 6.07) is 10.5. The second-order valence-corrected chi connectivity index (χ2v) is 7.51. The Labute approximate surface area is 164 Å². The fraction of sp³-hybridized carbons (Fsp3) is 0.381. The van der Waals surface area contributed by atoms with Gasteiger partial charge in [-0.1, -0.05) is 35.9 Å². The van der Waals surface area contributed by atoms with E-state index >= 15 is 0 Å². The van der Waals surface area contributed by atoms with Crippen molar-refractivity contribution in [1.82, 2.24) is 9.80 Å². The maximum atomic E-state index is 13.2. The lowest BCUT2D eigenvalue weighted by molar-refractivity contribution is -0.117. The summed E-state index contributed by atoms with van der Waals surface area (Å²) in [5, 5.41) is 3.51. The Kier molecular flexibility index (Phi) is 6.47. The number of benzene rings is 2. The molecule has 2 aromatic carbocycles. The van der Waals surface area contributed by atoms with Gasteiger partial charge < -0.3 is 5.32 Å². The van der Waals surface area contributed by atoms with Gasteiger partial charge in [-0.2, -0.15) is 0 Å². The first-order valence-corrected chi connectivity index (χ1v) is 9.55. The largest absolute Gasteiger partial charge is 0.324 e. The van der Waals surface area contributed by atoms with E-state index < -0.39 is 0 Å². The van der Waals surface area contributed by atoms with Crippen molar-refractivity contribution in [3.05, 3.63) is 63.9 Å². The normalized spacial score (nSPS) is 15.7. The smallest absolute Gasteiger partial charge is 0.238 e. The molecule has 27 heavy (non-hydrogen) atoms. The summed E-state index contributed by atoms with van der Waals surface area (Å²) in [6.45, 7) is 8.43. The molecule has 0 aliphatic carbocycles. The molecule has 0 bridgehead atoms. The number of halogens is 2. The lowest BCUT2D eigenvalue weighted by Crippen LogP contribution is -2.48. The number of anilines is 1. The number of piperazine rings is 1. The number of hydrogen-bond acceptors (Lipinski definition) is 3. The predicted molar refractivity (Wildman–Crippen MR) is 108 cm³/mol. The minimum absolute atomic E-state index is 0.0161. The molecular weight excluding hydrogens is 365 g/mol. The van der Waals surface area contributed by atoms with Gasteiger partial charge in [0.15, 0.2) is 0 Å². The monoisotopic (exact) mass is 389 g/mol. The quantitative estimate of drug-likeness (QED) is 0.843. The fourth-order valence-corrected chi connectivity index (χ4v) is 3.62. The minimum Gasteiger partial charge on any atom is -0.324 e. The highest BCUT2D eigenvalue weighted by atomic mass is 35.5. The van der Waals surface area contributed by atoms with Crippen LogP contribution in [0.3, 0.4) is 0 Å². The van der Waals surface area contributed by atoms with Gasteiger partial charge in [0, 0.05) is 43.4 Å². The minimum atomic E-state index is -0.316. The molecule has 1 N–H and O–H groups in total. The van der Waals surface area contributed by atoms with Crippen molar-refractivity contribution in [2.45, 2.75) is 20.4 Å². The van der Waals surface area contributed by atoms with E-state index in [2.05, 4.69) is 15.1 Å². The maximum absolute atomic E-state index is 13.2. The van der Waals surface area contributed by atoms with Crippen molar-refractivity contribution in [1.29, 1.82) is 0 Å². The van der Waals surface area contributed by atoms with Gasteiger partial charge >= 0.3 is 0 Å². The van der Waals surface area contributed by atoms with Crippen molar-refractivity contribution in [2.24, 2.45) is 0 Å². The Morgan fingerprint density at radius 2 is 1.70 bits per heavy atom. The summed E-state index contributed by atoms with van der Waals surface area (Å²) >= 11 is 6.12. The highest BCUT2D eigenvalue weighted by Crippen LogP contribution is 2.21. The van der Waals surface area contributed by atoms with Crippen molar-refractivity contribution in [3.63, 3.8) is 0 Å². The summed E-state index contributed by atoms with van der Waals surface area (Å²) in [5.41, 5.74) is 3.99. The van der Waals surface area contributed by atoms with Crippen LogP contribution >= 0.6 is 11.6 Å². The van der Waals surface area contributed by atoms with Crippen LogP contribution in [0.5, 0.6) is 0 Å². The lowest BCUT2D eigenvalue weighted by atomic mass is 10.1. The van der Waals surface area contributed by atoms with Gasteiger partial charge in [0.25, 0.3) is 0 Å². The number of carbonyl (C=O) groups is 1. The molecule has 1 heterocycles. The molecule has 0 spiro atoms. The molecule has 0 saturated carbocycles. The second kappa shape index (κ2) is 8.83. The molecule has 0 radical (unpaired) electrons. The van der Waals surface area contributed by atoms with E-state index in [-0.39, 0.29) is 11.7 Å². The number of aryl methyl sites for hydroxylation is 2. The van der Waals surface area contributed by atoms with Crippen LogP contribution in [0.25, 0.3) is 0 Å². The third-order valence-corrected chi connectivity index (χ3v) is 5.34. The maximum Gasteiger partial charge on any atom is 0.238 e. The highest BCUT2D eigenvalue weighted by molar-refractivity contribution is 6.31. The Hall–Kier alpha value is -1.95. The zero-order chi connectivity index (χ0) is 19.4. The summed E-state index contributed by atoms with van der Waals surface area (Å²) in [6.07, 6.45) is 0. The molecule has 2 aromatic rings. The van der Waals surface area contributed by atoms with Crippen molar-refractivity contribution in [2.75, 3.05) is 38.0 Å². The van der Waals surface area contributed by atoms with Crippen LogP contribution in [-0.4, -0.2) is 48.4 Å². The third-order valence-electron chi connectivity index (χ3n) is 4.99. The van der Waals surface area contributed by atoms with Gasteiger partial charge in [0.05, 0.1) is 6.54 Å². The van der Waals surface area contributed by atoms with Crippen LogP contribution < -0.4 is 5.32 Å². The van der Waals surface area contributed by atoms with Crippen molar-refractivity contribution < 1.29 is 9.18 Å². The molecule has 6 heteroatoms. The van der Waals surface area contributed by atoms with Gasteiger partial charge in [-0.25, -0.2) is 4.39 Å². The van der Waals surface area contributed by atoms with E-state index in [4.69, 9.17) is 11.6 Å². The number of rotatable bonds is 5. The van der Waals surface area contributed by atoms with Gasteiger partial charge in [0.1, 0.15) is 5.82 Å². The summed E-state index contributed by atoms with van der Waals surface area (Å²) in [5.74, 6) is -0.300. The second-order valence-electron chi connectivity index (χ2n) is 7.10. The Morgan fingerprint density at radius 1 is 1.07 bits per heavy atom. The molecule has 4 nitrogen and oxygen atoms in total. The Morgan fingerprint density at radius 3 is 2.33 bits per heavy atom. The van der Waals surface area contributed by atoms with E-state index in [0.29, 0.717) is 18.1 Å². The lowest BCUT2D eigenvalue weighted by Gasteiger charge is -2.34. The van der Waals surface area contributed by atoms with Crippen LogP contribution in [0.4, 0.5) is 10.1 Å². The Bertz CT molecular complexity index is 799. The average Bonchev–Trinajstić information content (AvgIpc) is 2.62. The molecule has 144 valence electrons. The van der Waals surface area contributed by atoms with Gasteiger partial charge in [-0.05, 0) is 42.7 Å². The van der Waals surface area contributed by atoms with E-state index in [1.54, 1.807) is 6.07 Å². The summed E-state index contributed by atoms with van der Waals surface area (Å²) in [4.78, 5) is 16.9. The van der Waals surface area contributed by atoms with E-state index in [9.17, 15) is 9.18 Å². The van der Waals surface area contributed by atoms with E-state index in [0.717, 1.165) is 48.6 Å². The number of hydrogen-bond donors (Lipinski definition) is 1. The zero-order valence-corrected chi connectivity index (χ0v) is 16.5. The number of amides is 1. The number of para-hydroxylation sites is 1. The topological polar surface area (TPSA) is 35.6 Å². The summed E-state index contributed by atoms with van der Waals surface area (Å²) in [7, 11) is 0. The van der Waals surface area contributed by atoms with Gasteiger partial charge in [0.2, 0.25) is 5.91 Å². The van der Waals surface area contributed by atoms with Crippen molar-refractivity contribution in [3.8, 4) is 0 Å². The molecule has 1 aliphatic heterocycles. The van der Waals surface area contributed by atoms with Crippen LogP contribution in [0, 0.1) is 19.7 Å². The molecular formula is C21H25ClFN3O. The third kappa shape index (κ3) is 5.28. The average molecular weight is 390 g/mol. The molecule has 0 unspecified atom stereocenters. The van der Waals surface area contributed by atoms with Crippen molar-refractivity contribution >= 4 is 23.2 Å². The zero-order valence-electron chi connectivity index (χ0n) is 15.8. The highest BCUT2D eigenvalue weighted by Gasteiger charge is 2.20. The van der Waals surface area contributed by atoms with Crippen LogP contribution in [0.1, 0.15) is 16.7 Å². The summed E-state index contributed by atoms with van der Waals surface area (Å²) < 4.78 is 13.2. The predicted octanol–water partition coefficient (Wildman–Crippen LogP) is 3.85. The van der Waals surface area contributed by atoms with Gasteiger partial charge in [-0.15, -0.1) is 0 Å². The molecule has 1 aliphatic rings. The molecule has 0 atom stereocenters. The van der Waals surface area contributed by atoms with Gasteiger partial charge in [-0.3, -0.25) is 14.6 Å². The molecule has 1 fully saturated rings. The van der Waals surface area contributed by atoms with Crippen LogP contribution in [0.2, 0.25) is 5.02 Å². The first kappa shape index (κ1) is 19.8. The van der Waals surface area contributed by atoms with Crippen LogP contribution in [-0.2, 0) is 11.3 Å². The van der Waals surface area contributed by atoms with E-state index in [1.807, 2.05) is 32.0 Å². The first-order valence-electron chi connectivity index (χ1n) is 9.17. The molecule has 3 rings (SSSR count). The number of nitrogens with zero attached hydrogens (tertiary/aromatic N) is 2. The molecule has 0 aromatic heterocycles. The van der Waals surface area contributed by atoms with E-state index in [1.165, 1.54) is 12.1 Å². The Balaban J connectivity index is 1.48. The number of nitrogens with one attached hydrogen (secondary N) is 1. The SMILES string of the molecule is Cc1cccc(C)c1NC(=O)CN1CCN(Cc2ccc(F)cc2Cl)CC1. The molecule has 1 amide bonds. The first-order chi connectivity index (χ1) is 12.9. The number of carbonyl (C=O) groups excluding carboxylic acids is 1. The van der Waals surface area contributed by atoms with Crippen LogP contribution in [0.15, 0.2) is 36.4 Å². The molecule has 1 saturated heterocycles. The standard InChI is InChI=1S/C21H25ClFN3O/c1-15-4-3-5-16(2)21(15)24-20(27)14-26-10-8-25(9-11-26)13-17-6-7-18(23)12-19(17)22/h3-7,12H,8-11,13-14H2,1-2H3,(H,24,27). The fourth-order valence-electron chi connectivity index (χ4n) is 3.39.